The van der Waals surface area contributed by atoms with Gasteiger partial charge in [-0.3, -0.25) is 14.8 Å². The number of amides is 1. The van der Waals surface area contributed by atoms with E-state index in [1.165, 1.54) is 12.4 Å². The third-order valence-electron chi connectivity index (χ3n) is 2.59. The van der Waals surface area contributed by atoms with Gasteiger partial charge in [0.05, 0.1) is 24.2 Å². The maximum absolute atomic E-state index is 13.4. The molecule has 122 valence electrons. The lowest BCUT2D eigenvalue weighted by molar-refractivity contribution is 0.0119. The molecule has 1 aromatic carbocycles. The third-order valence-corrected chi connectivity index (χ3v) is 2.59. The van der Waals surface area contributed by atoms with Gasteiger partial charge < -0.3 is 11.1 Å². The van der Waals surface area contributed by atoms with Gasteiger partial charge in [0.1, 0.15) is 11.3 Å². The lowest BCUT2D eigenvalue weighted by Crippen LogP contribution is -2.41. The number of fused-ring (bicyclic) bond motifs is 1. The van der Waals surface area contributed by atoms with Crippen molar-refractivity contribution in [1.29, 1.82) is 0 Å². The minimum absolute atomic E-state index is 0. The number of nitrogens with one attached hydrogen (secondary N) is 1. The summed E-state index contributed by atoms with van der Waals surface area (Å²) in [6, 6.07) is 2.03. The van der Waals surface area contributed by atoms with Crippen LogP contribution in [0.5, 0.6) is 0 Å². The van der Waals surface area contributed by atoms with Gasteiger partial charge in [0.2, 0.25) is 0 Å². The van der Waals surface area contributed by atoms with Crippen LogP contribution >= 0.6 is 24.8 Å². The number of rotatable bonds is 4. The van der Waals surface area contributed by atoms with Gasteiger partial charge in [-0.2, -0.15) is 0 Å². The predicted octanol–water partition coefficient (Wildman–Crippen LogP) is 1.94. The van der Waals surface area contributed by atoms with E-state index in [4.69, 9.17) is 5.73 Å². The zero-order chi connectivity index (χ0) is 14.8. The fourth-order valence-corrected chi connectivity index (χ4v) is 1.59. The van der Waals surface area contributed by atoms with Gasteiger partial charge in [-0.15, -0.1) is 24.8 Å². The number of nitrogens with two attached hydrogens (primary N) is 1. The summed E-state index contributed by atoms with van der Waals surface area (Å²) in [7, 11) is 0. The van der Waals surface area contributed by atoms with E-state index in [9.17, 15) is 18.0 Å². The number of hydrogen-bond donors (Lipinski definition) is 2. The summed E-state index contributed by atoms with van der Waals surface area (Å²) in [5.41, 5.74) is 5.02. The summed E-state index contributed by atoms with van der Waals surface area (Å²) in [5.74, 6) is -4.78. The Morgan fingerprint density at radius 2 is 1.86 bits per heavy atom. The molecule has 0 spiro atoms. The van der Waals surface area contributed by atoms with Gasteiger partial charge in [0.25, 0.3) is 11.8 Å². The number of aromatic nitrogens is 2. The van der Waals surface area contributed by atoms with Crippen molar-refractivity contribution in [2.24, 2.45) is 5.73 Å². The molecule has 1 amide bonds. The Kier molecular flexibility index (Phi) is 7.51. The van der Waals surface area contributed by atoms with Crippen LogP contribution in [-0.2, 0) is 0 Å². The van der Waals surface area contributed by atoms with Crippen molar-refractivity contribution in [3.05, 3.63) is 35.9 Å². The maximum Gasteiger partial charge on any atom is 0.277 e. The van der Waals surface area contributed by atoms with Crippen LogP contribution < -0.4 is 11.1 Å². The molecular weight excluding hydrogens is 344 g/mol. The van der Waals surface area contributed by atoms with Crippen LogP contribution in [0.3, 0.4) is 0 Å². The second-order valence-electron chi connectivity index (χ2n) is 4.12. The minimum atomic E-state index is -3.22. The number of alkyl halides is 2. The molecule has 10 heteroatoms. The molecule has 0 saturated carbocycles. The Morgan fingerprint density at radius 3 is 2.50 bits per heavy atom. The minimum Gasteiger partial charge on any atom is -0.346 e. The average molecular weight is 357 g/mol. The predicted molar refractivity (Wildman–Crippen MR) is 80.3 cm³/mol. The fourth-order valence-electron chi connectivity index (χ4n) is 1.59. The fraction of sp³-hybridized carbons (Fsp3) is 0.250. The molecule has 0 bridgehead atoms. The van der Waals surface area contributed by atoms with Crippen molar-refractivity contribution in [2.75, 3.05) is 13.1 Å². The van der Waals surface area contributed by atoms with E-state index in [0.717, 1.165) is 12.1 Å². The van der Waals surface area contributed by atoms with Crippen LogP contribution in [0.25, 0.3) is 11.0 Å². The Bertz CT molecular complexity index is 657. The molecule has 2 rings (SSSR count). The summed E-state index contributed by atoms with van der Waals surface area (Å²) in [6.07, 6.45) is 2.66. The second kappa shape index (κ2) is 8.11. The van der Waals surface area contributed by atoms with Crippen LogP contribution in [0.1, 0.15) is 10.4 Å². The topological polar surface area (TPSA) is 80.9 Å². The van der Waals surface area contributed by atoms with Crippen LogP contribution in [-0.4, -0.2) is 34.9 Å². The number of halogens is 5. The van der Waals surface area contributed by atoms with Gasteiger partial charge in [0, 0.05) is 18.5 Å². The summed E-state index contributed by atoms with van der Waals surface area (Å²) < 4.78 is 39.3. The second-order valence-corrected chi connectivity index (χ2v) is 4.12. The van der Waals surface area contributed by atoms with Gasteiger partial charge in [-0.05, 0) is 6.07 Å². The lowest BCUT2D eigenvalue weighted by Gasteiger charge is -2.14. The Balaban J connectivity index is 0.00000220. The van der Waals surface area contributed by atoms with E-state index in [-0.39, 0.29) is 41.4 Å². The number of hydrogen-bond acceptors (Lipinski definition) is 4. The van der Waals surface area contributed by atoms with Gasteiger partial charge in [0.15, 0.2) is 0 Å². The molecule has 0 radical (unpaired) electrons. The van der Waals surface area contributed by atoms with Crippen molar-refractivity contribution in [2.45, 2.75) is 5.92 Å². The zero-order valence-corrected chi connectivity index (χ0v) is 12.7. The summed E-state index contributed by atoms with van der Waals surface area (Å²) >= 11 is 0. The van der Waals surface area contributed by atoms with Crippen molar-refractivity contribution in [1.82, 2.24) is 15.3 Å². The van der Waals surface area contributed by atoms with Crippen molar-refractivity contribution >= 4 is 41.8 Å². The first-order valence-electron chi connectivity index (χ1n) is 5.69. The van der Waals surface area contributed by atoms with Crippen molar-refractivity contribution in [3.8, 4) is 0 Å². The lowest BCUT2D eigenvalue weighted by atomic mass is 10.1. The molecule has 0 aliphatic rings. The van der Waals surface area contributed by atoms with E-state index < -0.39 is 30.7 Å². The summed E-state index contributed by atoms with van der Waals surface area (Å²) in [4.78, 5) is 19.6. The largest absolute Gasteiger partial charge is 0.346 e. The molecule has 0 aliphatic heterocycles. The molecule has 0 atom stereocenters. The molecule has 0 fully saturated rings. The smallest absolute Gasteiger partial charge is 0.277 e. The molecule has 2 aromatic rings. The van der Waals surface area contributed by atoms with Gasteiger partial charge in [-0.1, -0.05) is 0 Å². The Hall–Kier alpha value is -1.64. The molecule has 22 heavy (non-hydrogen) atoms. The molecule has 0 unspecified atom stereocenters. The van der Waals surface area contributed by atoms with E-state index in [1.54, 1.807) is 0 Å². The molecule has 5 nitrogen and oxygen atoms in total. The Labute approximate surface area is 136 Å². The van der Waals surface area contributed by atoms with Crippen LogP contribution in [0.4, 0.5) is 13.2 Å². The highest BCUT2D eigenvalue weighted by Gasteiger charge is 2.27. The maximum atomic E-state index is 13.4. The van der Waals surface area contributed by atoms with Gasteiger partial charge in [-0.25, -0.2) is 13.2 Å². The van der Waals surface area contributed by atoms with E-state index in [1.807, 2.05) is 5.32 Å². The SMILES string of the molecule is Cl.Cl.NCC(F)(F)CNC(=O)c1cc(F)cc2nccnc12. The average Bonchev–Trinajstić information content (AvgIpc) is 2.44. The van der Waals surface area contributed by atoms with Crippen molar-refractivity contribution < 1.29 is 18.0 Å². The first-order chi connectivity index (χ1) is 9.43. The molecule has 1 aromatic heterocycles. The Morgan fingerprint density at radius 1 is 1.23 bits per heavy atom. The molecule has 0 aliphatic carbocycles. The monoisotopic (exact) mass is 356 g/mol. The molecular formula is C12H13Cl2F3N4O. The van der Waals surface area contributed by atoms with Crippen LogP contribution in [0.2, 0.25) is 0 Å². The molecule has 3 N–H and O–H groups in total. The molecule has 1 heterocycles. The highest BCUT2D eigenvalue weighted by atomic mass is 35.5. The van der Waals surface area contributed by atoms with E-state index in [2.05, 4.69) is 9.97 Å². The van der Waals surface area contributed by atoms with Crippen LogP contribution in [0, 0.1) is 5.82 Å². The summed E-state index contributed by atoms with van der Waals surface area (Å²) in [6.45, 7) is -1.82. The first-order valence-corrected chi connectivity index (χ1v) is 5.69. The third kappa shape index (κ3) is 4.69. The number of carbonyl (C=O) groups excluding carboxylic acids is 1. The normalized spacial score (nSPS) is 10.5. The highest BCUT2D eigenvalue weighted by Crippen LogP contribution is 2.17. The first kappa shape index (κ1) is 20.4. The molecule has 0 saturated heterocycles. The van der Waals surface area contributed by atoms with E-state index >= 15 is 0 Å². The van der Waals surface area contributed by atoms with Crippen molar-refractivity contribution in [3.63, 3.8) is 0 Å². The standard InChI is InChI=1S/C12H11F3N4O.2ClH/c13-7-3-8(10-9(4-7)17-1-2-18-10)11(20)19-6-12(14,15)5-16;;/h1-4H,5-6,16H2,(H,19,20);2*1H. The summed E-state index contributed by atoms with van der Waals surface area (Å²) in [5, 5.41) is 2.01. The zero-order valence-electron chi connectivity index (χ0n) is 11.1. The number of carbonyl (C=O) groups is 1. The van der Waals surface area contributed by atoms with Crippen LogP contribution in [0.15, 0.2) is 24.5 Å². The van der Waals surface area contributed by atoms with E-state index in [0.29, 0.717) is 0 Å². The quantitative estimate of drug-likeness (QED) is 0.876. The number of nitrogens with zero attached hydrogens (tertiary/aromatic N) is 2. The highest BCUT2D eigenvalue weighted by molar-refractivity contribution is 6.04. The van der Waals surface area contributed by atoms with Gasteiger partial charge >= 0.3 is 0 Å². The number of benzene rings is 1.